The summed E-state index contributed by atoms with van der Waals surface area (Å²) >= 11 is 0. The lowest BCUT2D eigenvalue weighted by molar-refractivity contribution is -0.730. The third-order valence-electron chi connectivity index (χ3n) is 1.22. The summed E-state index contributed by atoms with van der Waals surface area (Å²) in [6.45, 7) is 9.81. The predicted molar refractivity (Wildman–Crippen MR) is 79.4 cm³/mol. The third kappa shape index (κ3) is 23.8. The maximum absolute atomic E-state index is 5.23. The van der Waals surface area contributed by atoms with Crippen LogP contribution in [0.25, 0.3) is 0 Å². The number of hydrogen-bond donors (Lipinski definition) is 2. The highest BCUT2D eigenvalue weighted by Crippen LogP contribution is 1.77. The number of nitrogens with zero attached hydrogens (tertiary/aromatic N) is 2. The zero-order valence-corrected chi connectivity index (χ0v) is 12.6. The molecule has 0 bridgehead atoms. The van der Waals surface area contributed by atoms with Gasteiger partial charge < -0.3 is 11.5 Å². The van der Waals surface area contributed by atoms with Gasteiger partial charge in [-0.05, 0) is 36.4 Å². The van der Waals surface area contributed by atoms with Crippen molar-refractivity contribution in [3.05, 3.63) is 48.6 Å². The summed E-state index contributed by atoms with van der Waals surface area (Å²) in [5, 5.41) is 3.90. The molecule has 0 aliphatic heterocycles. The molecule has 0 amide bonds. The van der Waals surface area contributed by atoms with Crippen LogP contribution in [0.15, 0.2) is 48.6 Å². The Balaban J connectivity index is -0.000000196. The van der Waals surface area contributed by atoms with Crippen LogP contribution in [0.1, 0.15) is 34.6 Å². The summed E-state index contributed by atoms with van der Waals surface area (Å²) in [5.74, 6) is 0. The van der Waals surface area contributed by atoms with Crippen LogP contribution in [0, 0.1) is 0 Å². The van der Waals surface area contributed by atoms with E-state index >= 15 is 0 Å². The molecule has 4 N–H and O–H groups in total. The summed E-state index contributed by atoms with van der Waals surface area (Å²) < 4.78 is 1.75. The Labute approximate surface area is 112 Å². The van der Waals surface area contributed by atoms with E-state index < -0.39 is 0 Å². The monoisotopic (exact) mass is 253 g/mol. The lowest BCUT2D eigenvalue weighted by Crippen LogP contribution is -2.30. The number of rotatable bonds is 1. The summed E-state index contributed by atoms with van der Waals surface area (Å²) in [6, 6.07) is 3.83. The zero-order valence-electron chi connectivity index (χ0n) is 12.6. The van der Waals surface area contributed by atoms with Crippen LogP contribution < -0.4 is 16.1 Å². The molecule has 104 valence electrons. The van der Waals surface area contributed by atoms with E-state index in [0.717, 1.165) is 5.70 Å². The smallest absolute Gasteiger partial charge is 0.195 e. The molecular weight excluding hydrogens is 224 g/mol. The first kappa shape index (κ1) is 21.4. The average Bonchev–Trinajstić information content (AvgIpc) is 2.42. The fourth-order valence-corrected chi connectivity index (χ4v) is 0.613. The van der Waals surface area contributed by atoms with Gasteiger partial charge >= 0.3 is 0 Å². The maximum Gasteiger partial charge on any atom is 0.195 e. The fourth-order valence-electron chi connectivity index (χ4n) is 0.613. The largest absolute Gasteiger partial charge is 0.405 e. The Hall–Kier alpha value is -1.84. The van der Waals surface area contributed by atoms with Gasteiger partial charge in [-0.2, -0.15) is 0 Å². The van der Waals surface area contributed by atoms with Crippen LogP contribution in [0.3, 0.4) is 0 Å². The summed E-state index contributed by atoms with van der Waals surface area (Å²) in [6.07, 6.45) is 8.51. The minimum Gasteiger partial charge on any atom is -0.405 e. The van der Waals surface area contributed by atoms with Gasteiger partial charge in [0.25, 0.3) is 0 Å². The van der Waals surface area contributed by atoms with Gasteiger partial charge in [0.15, 0.2) is 13.2 Å². The van der Waals surface area contributed by atoms with Crippen molar-refractivity contribution in [1.82, 2.24) is 5.10 Å². The molecule has 0 aliphatic rings. The second-order valence-electron chi connectivity index (χ2n) is 2.67. The topological polar surface area (TPSA) is 68.8 Å². The molecule has 0 saturated carbocycles. The van der Waals surface area contributed by atoms with Crippen molar-refractivity contribution in [2.24, 2.45) is 18.5 Å². The highest BCUT2D eigenvalue weighted by molar-refractivity contribution is 5.05. The Bertz CT molecular complexity index is 288. The van der Waals surface area contributed by atoms with E-state index in [1.54, 1.807) is 30.0 Å². The van der Waals surface area contributed by atoms with Crippen molar-refractivity contribution < 1.29 is 4.68 Å². The van der Waals surface area contributed by atoms with Crippen LogP contribution in [-0.4, -0.2) is 5.10 Å². The van der Waals surface area contributed by atoms with Crippen molar-refractivity contribution in [1.29, 1.82) is 0 Å². The number of aromatic nitrogens is 2. The van der Waals surface area contributed by atoms with Gasteiger partial charge in [0.05, 0.1) is 6.20 Å². The van der Waals surface area contributed by atoms with E-state index in [2.05, 4.69) is 5.10 Å². The van der Waals surface area contributed by atoms with E-state index in [-0.39, 0.29) is 0 Å². The van der Waals surface area contributed by atoms with E-state index in [1.165, 1.54) is 6.20 Å². The predicted octanol–water partition coefficient (Wildman–Crippen LogP) is 2.28. The Kier molecular flexibility index (Phi) is 24.5. The molecule has 0 aliphatic carbocycles. The number of nitrogens with two attached hydrogens (primary N) is 2. The fraction of sp³-hybridized carbons (Fsp3) is 0.429. The first-order valence-corrected chi connectivity index (χ1v) is 6.24. The van der Waals surface area contributed by atoms with Crippen molar-refractivity contribution >= 4 is 0 Å². The highest BCUT2D eigenvalue weighted by Gasteiger charge is 1.80. The first-order chi connectivity index (χ1) is 8.66. The van der Waals surface area contributed by atoms with Crippen molar-refractivity contribution in [3.63, 3.8) is 0 Å². The number of aryl methyl sites for hydroxylation is 1. The van der Waals surface area contributed by atoms with Gasteiger partial charge in [0.2, 0.25) is 0 Å². The Morgan fingerprint density at radius 2 is 1.72 bits per heavy atom. The van der Waals surface area contributed by atoms with Crippen molar-refractivity contribution in [3.8, 4) is 0 Å². The molecule has 0 saturated heterocycles. The van der Waals surface area contributed by atoms with E-state index in [4.69, 9.17) is 11.5 Å². The molecule has 4 heteroatoms. The molecule has 18 heavy (non-hydrogen) atoms. The van der Waals surface area contributed by atoms with Crippen LogP contribution in [0.2, 0.25) is 0 Å². The molecule has 0 unspecified atom stereocenters. The number of hydrogen-bond acceptors (Lipinski definition) is 3. The quantitative estimate of drug-likeness (QED) is 0.596. The Morgan fingerprint density at radius 1 is 1.17 bits per heavy atom. The van der Waals surface area contributed by atoms with Gasteiger partial charge in [-0.1, -0.05) is 32.4 Å². The Morgan fingerprint density at radius 3 is 1.89 bits per heavy atom. The normalized spacial score (nSPS) is 9.11. The summed E-state index contributed by atoms with van der Waals surface area (Å²) in [5.41, 5.74) is 11.0. The average molecular weight is 253 g/mol. The second kappa shape index (κ2) is 20.6. The van der Waals surface area contributed by atoms with Gasteiger partial charge in [-0.15, -0.1) is 0 Å². The molecule has 0 spiro atoms. The van der Waals surface area contributed by atoms with E-state index in [0.29, 0.717) is 0 Å². The summed E-state index contributed by atoms with van der Waals surface area (Å²) in [4.78, 5) is 0. The molecule has 1 aromatic rings. The highest BCUT2D eigenvalue weighted by atomic mass is 15.2. The van der Waals surface area contributed by atoms with Crippen LogP contribution in [-0.2, 0) is 7.05 Å². The molecule has 0 atom stereocenters. The minimum absolute atomic E-state index is 0.765. The molecule has 0 fully saturated rings. The van der Waals surface area contributed by atoms with Gasteiger partial charge in [-0.25, -0.2) is 0 Å². The van der Waals surface area contributed by atoms with E-state index in [9.17, 15) is 0 Å². The van der Waals surface area contributed by atoms with Crippen LogP contribution >= 0.6 is 0 Å². The van der Waals surface area contributed by atoms with Gasteiger partial charge in [-0.3, -0.25) is 0 Å². The first-order valence-electron chi connectivity index (χ1n) is 6.24. The molecule has 1 heterocycles. The van der Waals surface area contributed by atoms with Crippen LogP contribution in [0.5, 0.6) is 0 Å². The summed E-state index contributed by atoms with van der Waals surface area (Å²) in [7, 11) is 1.89. The molecule has 0 radical (unpaired) electrons. The SMILES string of the molecule is C/C(N)=C/C=C\N.CC.CC.C[n+]1ccccn1. The van der Waals surface area contributed by atoms with E-state index in [1.807, 2.05) is 53.1 Å². The maximum atomic E-state index is 5.23. The van der Waals surface area contributed by atoms with Gasteiger partial charge in [0.1, 0.15) is 0 Å². The van der Waals surface area contributed by atoms with Gasteiger partial charge in [0, 0.05) is 11.8 Å². The van der Waals surface area contributed by atoms with Crippen molar-refractivity contribution in [2.75, 3.05) is 0 Å². The second-order valence-corrected chi connectivity index (χ2v) is 2.67. The molecule has 1 rings (SSSR count). The lowest BCUT2D eigenvalue weighted by atomic mass is 10.4. The third-order valence-corrected chi connectivity index (χ3v) is 1.22. The van der Waals surface area contributed by atoms with Crippen LogP contribution in [0.4, 0.5) is 0 Å². The molecule has 1 aromatic heterocycles. The standard InChI is InChI=1S/C5H7N2.C5H10N2.2C2H6/c1-7-5-3-2-4-6-7;1-5(7)3-2-4-6;2*1-2/h2-5H,1H3;2-4H,6-7H2,1H3;2*1-2H3/q+1;;;/b;4-2-,5-3-;;. The lowest BCUT2D eigenvalue weighted by Gasteiger charge is -1.79. The minimum atomic E-state index is 0.765. The molecule has 0 aromatic carbocycles. The number of allylic oxidation sites excluding steroid dienone is 3. The van der Waals surface area contributed by atoms with Crippen molar-refractivity contribution in [2.45, 2.75) is 34.6 Å². The molecular formula is C14H29N4+. The molecule has 4 nitrogen and oxygen atoms in total. The zero-order chi connectivity index (χ0) is 14.8.